The van der Waals surface area contributed by atoms with Crippen LogP contribution in [0.25, 0.3) is 0 Å². The Morgan fingerprint density at radius 2 is 2.19 bits per heavy atom. The molecular formula is C13H14N2O. The average Bonchev–Trinajstić information content (AvgIpc) is 2.48. The highest BCUT2D eigenvalue weighted by molar-refractivity contribution is 6.05. The molecule has 16 heavy (non-hydrogen) atoms. The number of hydrogen-bond donors (Lipinski definition) is 1. The molecule has 0 atom stereocenters. The second-order valence-corrected chi connectivity index (χ2v) is 4.62. The average molecular weight is 214 g/mol. The van der Waals surface area contributed by atoms with Gasteiger partial charge in [0.2, 0.25) is 5.91 Å². The monoisotopic (exact) mass is 214 g/mol. The Morgan fingerprint density at radius 3 is 2.88 bits per heavy atom. The van der Waals surface area contributed by atoms with E-state index in [0.717, 1.165) is 23.2 Å². The molecule has 1 aliphatic heterocycles. The fourth-order valence-electron chi connectivity index (χ4n) is 1.97. The summed E-state index contributed by atoms with van der Waals surface area (Å²) in [6.45, 7) is 3.84. The minimum absolute atomic E-state index is 0.0416. The molecule has 0 fully saturated rings. The third kappa shape index (κ3) is 1.57. The van der Waals surface area contributed by atoms with Crippen LogP contribution in [0.5, 0.6) is 0 Å². The molecule has 0 radical (unpaired) electrons. The number of nitrogens with zero attached hydrogens (tertiary/aromatic N) is 1. The Balaban J connectivity index is 2.37. The molecule has 82 valence electrons. The number of anilines is 1. The summed E-state index contributed by atoms with van der Waals surface area (Å²) >= 11 is 0. The van der Waals surface area contributed by atoms with Gasteiger partial charge in [0.05, 0.1) is 11.5 Å². The normalized spacial score (nSPS) is 16.4. The molecule has 3 heteroatoms. The van der Waals surface area contributed by atoms with Gasteiger partial charge in [-0.3, -0.25) is 4.79 Å². The number of benzene rings is 1. The summed E-state index contributed by atoms with van der Waals surface area (Å²) in [6.07, 6.45) is 1.26. The van der Waals surface area contributed by atoms with E-state index in [4.69, 9.17) is 5.26 Å². The maximum Gasteiger partial charge on any atom is 0.234 e. The Morgan fingerprint density at radius 1 is 1.44 bits per heavy atom. The molecule has 1 aliphatic rings. The minimum Gasteiger partial charge on any atom is -0.325 e. The van der Waals surface area contributed by atoms with Crippen LogP contribution in [0.4, 0.5) is 5.69 Å². The third-order valence-electron chi connectivity index (χ3n) is 3.10. The standard InChI is InChI=1S/C13H14N2O/c1-13(2)10-8-9(4-3-7-14)5-6-11(10)15-12(13)16/h5-6,8H,3-4H2,1-2H3,(H,15,16). The van der Waals surface area contributed by atoms with Gasteiger partial charge in [-0.15, -0.1) is 0 Å². The van der Waals surface area contributed by atoms with Crippen LogP contribution in [-0.4, -0.2) is 5.91 Å². The summed E-state index contributed by atoms with van der Waals surface area (Å²) in [5.41, 5.74) is 2.59. The zero-order chi connectivity index (χ0) is 11.8. The van der Waals surface area contributed by atoms with Crippen molar-refractivity contribution in [1.82, 2.24) is 0 Å². The first-order valence-corrected chi connectivity index (χ1v) is 5.37. The number of amides is 1. The number of rotatable bonds is 2. The molecule has 1 aromatic carbocycles. The van der Waals surface area contributed by atoms with Crippen LogP contribution in [0.1, 0.15) is 31.4 Å². The van der Waals surface area contributed by atoms with E-state index in [1.807, 2.05) is 32.0 Å². The zero-order valence-corrected chi connectivity index (χ0v) is 9.50. The maximum atomic E-state index is 11.7. The van der Waals surface area contributed by atoms with E-state index >= 15 is 0 Å². The van der Waals surface area contributed by atoms with Crippen LogP contribution in [0, 0.1) is 11.3 Å². The van der Waals surface area contributed by atoms with Crippen molar-refractivity contribution in [3.8, 4) is 6.07 Å². The summed E-state index contributed by atoms with van der Waals surface area (Å²) in [5.74, 6) is 0.0416. The van der Waals surface area contributed by atoms with Gasteiger partial charge in [-0.1, -0.05) is 12.1 Å². The molecule has 1 heterocycles. The second kappa shape index (κ2) is 3.64. The smallest absolute Gasteiger partial charge is 0.234 e. The van der Waals surface area contributed by atoms with Crippen LogP contribution < -0.4 is 5.32 Å². The largest absolute Gasteiger partial charge is 0.325 e. The third-order valence-corrected chi connectivity index (χ3v) is 3.10. The van der Waals surface area contributed by atoms with Crippen molar-refractivity contribution in [2.75, 3.05) is 5.32 Å². The zero-order valence-electron chi connectivity index (χ0n) is 9.50. The van der Waals surface area contributed by atoms with Crippen molar-refractivity contribution < 1.29 is 4.79 Å². The van der Waals surface area contributed by atoms with Gasteiger partial charge >= 0.3 is 0 Å². The lowest BCUT2D eigenvalue weighted by molar-refractivity contribution is -0.119. The summed E-state index contributed by atoms with van der Waals surface area (Å²) in [5, 5.41) is 11.4. The lowest BCUT2D eigenvalue weighted by Crippen LogP contribution is -2.26. The number of nitriles is 1. The fraction of sp³-hybridized carbons (Fsp3) is 0.385. The molecule has 0 aromatic heterocycles. The van der Waals surface area contributed by atoms with E-state index in [9.17, 15) is 4.79 Å². The van der Waals surface area contributed by atoms with E-state index in [2.05, 4.69) is 11.4 Å². The molecule has 0 spiro atoms. The van der Waals surface area contributed by atoms with Gasteiger partial charge in [0.1, 0.15) is 0 Å². The van der Waals surface area contributed by atoms with Gasteiger partial charge in [-0.05, 0) is 37.5 Å². The molecule has 0 bridgehead atoms. The van der Waals surface area contributed by atoms with E-state index in [0.29, 0.717) is 6.42 Å². The van der Waals surface area contributed by atoms with Crippen molar-refractivity contribution in [1.29, 1.82) is 5.26 Å². The van der Waals surface area contributed by atoms with E-state index in [1.54, 1.807) is 0 Å². The highest BCUT2D eigenvalue weighted by Gasteiger charge is 2.38. The molecule has 0 aliphatic carbocycles. The Labute approximate surface area is 95.1 Å². The minimum atomic E-state index is -0.460. The molecule has 1 N–H and O–H groups in total. The molecule has 0 saturated heterocycles. The fourth-order valence-corrected chi connectivity index (χ4v) is 1.97. The van der Waals surface area contributed by atoms with E-state index < -0.39 is 5.41 Å². The number of carbonyl (C=O) groups excluding carboxylic acids is 1. The maximum absolute atomic E-state index is 11.7. The van der Waals surface area contributed by atoms with Gasteiger partial charge < -0.3 is 5.32 Å². The van der Waals surface area contributed by atoms with Crippen molar-refractivity contribution in [3.05, 3.63) is 29.3 Å². The predicted molar refractivity (Wildman–Crippen MR) is 62.0 cm³/mol. The number of fused-ring (bicyclic) bond motifs is 1. The quantitative estimate of drug-likeness (QED) is 0.821. The Bertz CT molecular complexity index is 483. The van der Waals surface area contributed by atoms with Gasteiger partial charge in [-0.25, -0.2) is 0 Å². The van der Waals surface area contributed by atoms with E-state index in [1.165, 1.54) is 0 Å². The van der Waals surface area contributed by atoms with Crippen LogP contribution >= 0.6 is 0 Å². The Hall–Kier alpha value is -1.82. The van der Waals surface area contributed by atoms with Crippen LogP contribution in [0.3, 0.4) is 0 Å². The Kier molecular flexibility index (Phi) is 2.43. The van der Waals surface area contributed by atoms with Gasteiger partial charge in [0.25, 0.3) is 0 Å². The van der Waals surface area contributed by atoms with Gasteiger partial charge in [-0.2, -0.15) is 5.26 Å². The summed E-state index contributed by atoms with van der Waals surface area (Å²) < 4.78 is 0. The molecule has 0 saturated carbocycles. The molecular weight excluding hydrogens is 200 g/mol. The summed E-state index contributed by atoms with van der Waals surface area (Å²) in [7, 11) is 0. The van der Waals surface area contributed by atoms with Gasteiger partial charge in [0.15, 0.2) is 0 Å². The van der Waals surface area contributed by atoms with Crippen molar-refractivity contribution in [2.45, 2.75) is 32.1 Å². The lowest BCUT2D eigenvalue weighted by atomic mass is 9.85. The summed E-state index contributed by atoms with van der Waals surface area (Å²) in [4.78, 5) is 11.7. The number of carbonyl (C=O) groups is 1. The molecule has 1 aromatic rings. The highest BCUT2D eigenvalue weighted by Crippen LogP contribution is 2.37. The number of aryl methyl sites for hydroxylation is 1. The van der Waals surface area contributed by atoms with Gasteiger partial charge in [0, 0.05) is 12.1 Å². The predicted octanol–water partition coefficient (Wildman–Crippen LogP) is 2.37. The molecule has 3 nitrogen and oxygen atoms in total. The lowest BCUT2D eigenvalue weighted by Gasteiger charge is -2.15. The van der Waals surface area contributed by atoms with E-state index in [-0.39, 0.29) is 5.91 Å². The summed E-state index contributed by atoms with van der Waals surface area (Å²) in [6, 6.07) is 8.06. The number of nitrogens with one attached hydrogen (secondary N) is 1. The van der Waals surface area contributed by atoms with Crippen molar-refractivity contribution >= 4 is 11.6 Å². The number of hydrogen-bond acceptors (Lipinski definition) is 2. The molecule has 1 amide bonds. The highest BCUT2D eigenvalue weighted by atomic mass is 16.2. The van der Waals surface area contributed by atoms with Crippen LogP contribution in [-0.2, 0) is 16.6 Å². The first-order chi connectivity index (χ1) is 7.55. The first kappa shape index (κ1) is 10.7. The SMILES string of the molecule is CC1(C)C(=O)Nc2ccc(CCC#N)cc21. The second-order valence-electron chi connectivity index (χ2n) is 4.62. The topological polar surface area (TPSA) is 52.9 Å². The van der Waals surface area contributed by atoms with Crippen LogP contribution in [0.15, 0.2) is 18.2 Å². The molecule has 2 rings (SSSR count). The van der Waals surface area contributed by atoms with Crippen molar-refractivity contribution in [2.24, 2.45) is 0 Å². The first-order valence-electron chi connectivity index (χ1n) is 5.37. The van der Waals surface area contributed by atoms with Crippen LogP contribution in [0.2, 0.25) is 0 Å². The van der Waals surface area contributed by atoms with Crippen molar-refractivity contribution in [3.63, 3.8) is 0 Å². The molecule has 0 unspecified atom stereocenters.